The minimum absolute atomic E-state index is 0.155. The van der Waals surface area contributed by atoms with E-state index in [2.05, 4.69) is 15.5 Å². The van der Waals surface area contributed by atoms with Crippen LogP contribution in [0.25, 0.3) is 11.1 Å². The molecule has 27 heavy (non-hydrogen) atoms. The SMILES string of the molecule is CCOC(=O)Cc1csc(NN=Cc2ccc(-c3ccccc3)cc2Cl)n1. The van der Waals surface area contributed by atoms with Crippen molar-refractivity contribution in [2.45, 2.75) is 13.3 Å². The first kappa shape index (κ1) is 19.1. The lowest BCUT2D eigenvalue weighted by molar-refractivity contribution is -0.142. The number of halogens is 1. The number of hydrogen-bond donors (Lipinski definition) is 1. The molecule has 0 bridgehead atoms. The molecule has 0 saturated carbocycles. The predicted molar refractivity (Wildman–Crippen MR) is 111 cm³/mol. The minimum atomic E-state index is -0.289. The third-order valence-corrected chi connectivity index (χ3v) is 4.78. The largest absolute Gasteiger partial charge is 0.466 e. The zero-order valence-corrected chi connectivity index (χ0v) is 16.3. The Hall–Kier alpha value is -2.70. The number of esters is 1. The van der Waals surface area contributed by atoms with Gasteiger partial charge in [-0.3, -0.25) is 10.2 Å². The van der Waals surface area contributed by atoms with Crippen molar-refractivity contribution >= 4 is 40.3 Å². The molecule has 0 atom stereocenters. The quantitative estimate of drug-likeness (QED) is 0.344. The van der Waals surface area contributed by atoms with Gasteiger partial charge in [0.05, 0.1) is 30.0 Å². The Kier molecular flexibility index (Phi) is 6.57. The highest BCUT2D eigenvalue weighted by Gasteiger charge is 2.08. The molecule has 0 aliphatic rings. The van der Waals surface area contributed by atoms with Gasteiger partial charge in [-0.2, -0.15) is 5.10 Å². The van der Waals surface area contributed by atoms with Crippen LogP contribution in [0.1, 0.15) is 18.2 Å². The van der Waals surface area contributed by atoms with Crippen molar-refractivity contribution in [2.24, 2.45) is 5.10 Å². The van der Waals surface area contributed by atoms with E-state index in [9.17, 15) is 4.79 Å². The second-order valence-electron chi connectivity index (χ2n) is 5.60. The number of aromatic nitrogens is 1. The zero-order chi connectivity index (χ0) is 19.1. The molecule has 5 nitrogen and oxygen atoms in total. The standard InChI is InChI=1S/C20H18ClN3O2S/c1-2-26-19(25)11-17-13-27-20(23-17)24-22-12-16-9-8-15(10-18(16)21)14-6-4-3-5-7-14/h3-10,12-13H,2,11H2,1H3,(H,23,24). The van der Waals surface area contributed by atoms with Gasteiger partial charge < -0.3 is 4.74 Å². The van der Waals surface area contributed by atoms with Gasteiger partial charge in [-0.25, -0.2) is 4.98 Å². The number of anilines is 1. The Morgan fingerprint density at radius 1 is 1.26 bits per heavy atom. The molecule has 3 aromatic rings. The van der Waals surface area contributed by atoms with Crippen molar-refractivity contribution in [3.05, 3.63) is 70.2 Å². The highest BCUT2D eigenvalue weighted by Crippen LogP contribution is 2.25. The molecule has 2 aromatic carbocycles. The van der Waals surface area contributed by atoms with E-state index >= 15 is 0 Å². The van der Waals surface area contributed by atoms with Gasteiger partial charge in [0.1, 0.15) is 0 Å². The summed E-state index contributed by atoms with van der Waals surface area (Å²) in [4.78, 5) is 15.8. The molecule has 0 radical (unpaired) electrons. The summed E-state index contributed by atoms with van der Waals surface area (Å²) in [6.45, 7) is 2.14. The number of rotatable bonds is 7. The summed E-state index contributed by atoms with van der Waals surface area (Å²) in [5, 5.41) is 7.19. The molecule has 3 rings (SSSR count). The van der Waals surface area contributed by atoms with E-state index in [1.54, 1.807) is 18.5 Å². The summed E-state index contributed by atoms with van der Waals surface area (Å²) in [7, 11) is 0. The Bertz CT molecular complexity index is 941. The van der Waals surface area contributed by atoms with Crippen LogP contribution < -0.4 is 5.43 Å². The molecule has 1 heterocycles. The molecule has 1 N–H and O–H groups in total. The molecule has 0 spiro atoms. The minimum Gasteiger partial charge on any atom is -0.466 e. The zero-order valence-electron chi connectivity index (χ0n) is 14.7. The summed E-state index contributed by atoms with van der Waals surface area (Å²) in [6, 6.07) is 15.9. The fraction of sp³-hybridized carbons (Fsp3) is 0.150. The van der Waals surface area contributed by atoms with Crippen LogP contribution in [0.5, 0.6) is 0 Å². The van der Waals surface area contributed by atoms with Crippen LogP contribution in [0.2, 0.25) is 5.02 Å². The first-order chi connectivity index (χ1) is 13.2. The summed E-state index contributed by atoms with van der Waals surface area (Å²) in [5.74, 6) is -0.289. The maximum atomic E-state index is 11.5. The molecule has 0 amide bonds. The topological polar surface area (TPSA) is 63.6 Å². The number of ether oxygens (including phenoxy) is 1. The van der Waals surface area contributed by atoms with Gasteiger partial charge in [-0.15, -0.1) is 11.3 Å². The fourth-order valence-corrected chi connectivity index (χ4v) is 3.29. The Morgan fingerprint density at radius 3 is 2.81 bits per heavy atom. The summed E-state index contributed by atoms with van der Waals surface area (Å²) < 4.78 is 4.91. The molecule has 0 aliphatic carbocycles. The summed E-state index contributed by atoms with van der Waals surface area (Å²) >= 11 is 7.74. The number of hydrogen-bond acceptors (Lipinski definition) is 6. The number of carbonyl (C=O) groups excluding carboxylic acids is 1. The van der Waals surface area contributed by atoms with E-state index in [4.69, 9.17) is 16.3 Å². The highest BCUT2D eigenvalue weighted by atomic mass is 35.5. The Labute approximate surface area is 166 Å². The van der Waals surface area contributed by atoms with Crippen LogP contribution in [-0.4, -0.2) is 23.8 Å². The van der Waals surface area contributed by atoms with Gasteiger partial charge in [0.15, 0.2) is 0 Å². The van der Waals surface area contributed by atoms with Crippen molar-refractivity contribution in [3.8, 4) is 11.1 Å². The summed E-state index contributed by atoms with van der Waals surface area (Å²) in [5.41, 5.74) is 6.47. The molecule has 0 fully saturated rings. The molecular weight excluding hydrogens is 382 g/mol. The van der Waals surface area contributed by atoms with Crippen molar-refractivity contribution in [3.63, 3.8) is 0 Å². The van der Waals surface area contributed by atoms with Crippen LogP contribution in [0.3, 0.4) is 0 Å². The third kappa shape index (κ3) is 5.39. The van der Waals surface area contributed by atoms with Gasteiger partial charge in [0.2, 0.25) is 5.13 Å². The number of carbonyl (C=O) groups is 1. The van der Waals surface area contributed by atoms with Crippen LogP contribution in [0.4, 0.5) is 5.13 Å². The molecular formula is C20H18ClN3O2S. The molecule has 7 heteroatoms. The van der Waals surface area contributed by atoms with E-state index in [-0.39, 0.29) is 12.4 Å². The molecule has 0 unspecified atom stereocenters. The molecule has 1 aromatic heterocycles. The maximum Gasteiger partial charge on any atom is 0.311 e. The van der Waals surface area contributed by atoms with Gasteiger partial charge >= 0.3 is 5.97 Å². The van der Waals surface area contributed by atoms with Crippen LogP contribution in [-0.2, 0) is 16.0 Å². The van der Waals surface area contributed by atoms with E-state index < -0.39 is 0 Å². The lowest BCUT2D eigenvalue weighted by Gasteiger charge is -2.04. The number of nitrogens with zero attached hydrogens (tertiary/aromatic N) is 2. The number of benzene rings is 2. The van der Waals surface area contributed by atoms with E-state index in [0.29, 0.717) is 22.5 Å². The van der Waals surface area contributed by atoms with Crippen molar-refractivity contribution in [1.29, 1.82) is 0 Å². The lowest BCUT2D eigenvalue weighted by atomic mass is 10.0. The van der Waals surface area contributed by atoms with Crippen molar-refractivity contribution in [1.82, 2.24) is 4.98 Å². The van der Waals surface area contributed by atoms with Crippen LogP contribution >= 0.6 is 22.9 Å². The normalized spacial score (nSPS) is 10.9. The molecule has 0 saturated heterocycles. The van der Waals surface area contributed by atoms with Crippen molar-refractivity contribution in [2.75, 3.05) is 12.0 Å². The van der Waals surface area contributed by atoms with E-state index in [0.717, 1.165) is 16.7 Å². The second-order valence-corrected chi connectivity index (χ2v) is 6.86. The Balaban J connectivity index is 1.62. The first-order valence-corrected chi connectivity index (χ1v) is 9.65. The smallest absolute Gasteiger partial charge is 0.311 e. The number of nitrogens with one attached hydrogen (secondary N) is 1. The second kappa shape index (κ2) is 9.30. The average Bonchev–Trinajstić information content (AvgIpc) is 3.11. The van der Waals surface area contributed by atoms with Gasteiger partial charge in [-0.05, 0) is 24.1 Å². The van der Waals surface area contributed by atoms with E-state index in [1.807, 2.05) is 48.5 Å². The van der Waals surface area contributed by atoms with Crippen molar-refractivity contribution < 1.29 is 9.53 Å². The monoisotopic (exact) mass is 399 g/mol. The Morgan fingerprint density at radius 2 is 2.07 bits per heavy atom. The lowest BCUT2D eigenvalue weighted by Crippen LogP contribution is -2.07. The number of hydrazone groups is 1. The molecule has 138 valence electrons. The fourth-order valence-electron chi connectivity index (χ4n) is 2.40. The maximum absolute atomic E-state index is 11.5. The predicted octanol–water partition coefficient (Wildman–Crippen LogP) is 5.02. The van der Waals surface area contributed by atoms with Gasteiger partial charge in [0, 0.05) is 10.9 Å². The number of thiazole rings is 1. The van der Waals surface area contributed by atoms with E-state index in [1.165, 1.54) is 11.3 Å². The van der Waals surface area contributed by atoms with Crippen LogP contribution in [0, 0.1) is 0 Å². The average molecular weight is 400 g/mol. The van der Waals surface area contributed by atoms with Gasteiger partial charge in [-0.1, -0.05) is 54.1 Å². The third-order valence-electron chi connectivity index (χ3n) is 3.65. The summed E-state index contributed by atoms with van der Waals surface area (Å²) in [6.07, 6.45) is 1.80. The van der Waals surface area contributed by atoms with Gasteiger partial charge in [0.25, 0.3) is 0 Å². The highest BCUT2D eigenvalue weighted by molar-refractivity contribution is 7.13. The molecule has 0 aliphatic heterocycles. The van der Waals surface area contributed by atoms with Crippen LogP contribution in [0.15, 0.2) is 59.0 Å². The first-order valence-electron chi connectivity index (χ1n) is 8.40.